The summed E-state index contributed by atoms with van der Waals surface area (Å²) in [6.07, 6.45) is 1.60. The molecule has 5 heteroatoms. The molecule has 0 aliphatic heterocycles. The van der Waals surface area contributed by atoms with Crippen LogP contribution in [0.4, 0.5) is 0 Å². The van der Waals surface area contributed by atoms with E-state index in [1.54, 1.807) is 12.1 Å². The Kier molecular flexibility index (Phi) is 3.99. The summed E-state index contributed by atoms with van der Waals surface area (Å²) >= 11 is 3.41. The summed E-state index contributed by atoms with van der Waals surface area (Å²) in [6, 6.07) is 15.2. The predicted octanol–water partition coefficient (Wildman–Crippen LogP) is 4.18. The van der Waals surface area contributed by atoms with E-state index in [9.17, 15) is 9.59 Å². The summed E-state index contributed by atoms with van der Waals surface area (Å²) in [6.45, 7) is 4.19. The van der Waals surface area contributed by atoms with Crippen molar-refractivity contribution >= 4 is 15.9 Å². The number of nitrogens with zero attached hydrogens (tertiary/aromatic N) is 1. The molecule has 1 aliphatic carbocycles. The molecule has 0 saturated heterocycles. The van der Waals surface area contributed by atoms with Gasteiger partial charge in [-0.3, -0.25) is 4.79 Å². The van der Waals surface area contributed by atoms with Crippen molar-refractivity contribution in [3.05, 3.63) is 85.0 Å². The molecule has 26 heavy (non-hydrogen) atoms. The third-order valence-corrected chi connectivity index (χ3v) is 5.91. The van der Waals surface area contributed by atoms with Crippen molar-refractivity contribution in [2.75, 3.05) is 0 Å². The van der Waals surface area contributed by atoms with Crippen LogP contribution in [0.1, 0.15) is 31.4 Å². The van der Waals surface area contributed by atoms with Gasteiger partial charge in [-0.2, -0.15) is 0 Å². The summed E-state index contributed by atoms with van der Waals surface area (Å²) in [5.74, 6) is 0. The van der Waals surface area contributed by atoms with Crippen molar-refractivity contribution in [3.63, 3.8) is 0 Å². The third-order valence-electron chi connectivity index (χ3n) is 5.42. The van der Waals surface area contributed by atoms with Gasteiger partial charge in [-0.15, -0.1) is 0 Å². The van der Waals surface area contributed by atoms with Gasteiger partial charge < -0.3 is 4.98 Å². The monoisotopic (exact) mass is 410 g/mol. The number of nitrogens with one attached hydrogen (secondary N) is 1. The lowest BCUT2D eigenvalue weighted by molar-refractivity contribution is 0.437. The van der Waals surface area contributed by atoms with Crippen LogP contribution < -0.4 is 11.2 Å². The van der Waals surface area contributed by atoms with E-state index in [0.29, 0.717) is 16.9 Å². The molecule has 1 aromatic heterocycles. The zero-order chi connectivity index (χ0) is 18.5. The molecule has 0 unspecified atom stereocenters. The number of H-pyrrole nitrogens is 1. The predicted molar refractivity (Wildman–Crippen MR) is 107 cm³/mol. The van der Waals surface area contributed by atoms with Crippen molar-refractivity contribution in [2.45, 2.75) is 32.1 Å². The van der Waals surface area contributed by atoms with Gasteiger partial charge in [0, 0.05) is 21.0 Å². The molecule has 4 nitrogen and oxygen atoms in total. The van der Waals surface area contributed by atoms with E-state index in [1.807, 2.05) is 30.3 Å². The highest BCUT2D eigenvalue weighted by molar-refractivity contribution is 9.10. The van der Waals surface area contributed by atoms with Crippen LogP contribution in [0.25, 0.3) is 16.9 Å². The van der Waals surface area contributed by atoms with Crippen LogP contribution in [-0.4, -0.2) is 9.55 Å². The SMILES string of the molecule is CC[C@@]1(C)Cc2ccccc2-c2[nH]c(=O)n(-c3cccc(Br)c3)c(=O)c21. The van der Waals surface area contributed by atoms with Gasteiger partial charge in [-0.05, 0) is 36.6 Å². The highest BCUT2D eigenvalue weighted by Crippen LogP contribution is 2.41. The minimum Gasteiger partial charge on any atom is -0.306 e. The zero-order valence-corrected chi connectivity index (χ0v) is 16.3. The van der Waals surface area contributed by atoms with Crippen molar-refractivity contribution < 1.29 is 0 Å². The largest absolute Gasteiger partial charge is 0.333 e. The number of rotatable bonds is 2. The van der Waals surface area contributed by atoms with E-state index < -0.39 is 5.69 Å². The molecule has 0 fully saturated rings. The summed E-state index contributed by atoms with van der Waals surface area (Å²) in [5, 5.41) is 0. The molecule has 0 bridgehead atoms. The number of hydrogen-bond donors (Lipinski definition) is 1. The minimum absolute atomic E-state index is 0.235. The fraction of sp³-hybridized carbons (Fsp3) is 0.238. The molecule has 4 rings (SSSR count). The molecule has 1 heterocycles. The lowest BCUT2D eigenvalue weighted by Crippen LogP contribution is -2.44. The molecule has 0 amide bonds. The first-order chi connectivity index (χ1) is 12.4. The maximum atomic E-state index is 13.5. The fourth-order valence-corrected chi connectivity index (χ4v) is 4.26. The highest BCUT2D eigenvalue weighted by Gasteiger charge is 2.37. The first-order valence-electron chi connectivity index (χ1n) is 8.68. The molecule has 0 saturated carbocycles. The average Bonchev–Trinajstić information content (AvgIpc) is 2.61. The van der Waals surface area contributed by atoms with Crippen molar-refractivity contribution in [1.29, 1.82) is 0 Å². The third kappa shape index (κ3) is 2.50. The number of hydrogen-bond acceptors (Lipinski definition) is 2. The van der Waals surface area contributed by atoms with Crippen molar-refractivity contribution in [3.8, 4) is 16.9 Å². The summed E-state index contributed by atoms with van der Waals surface area (Å²) in [4.78, 5) is 29.3. The number of halogens is 1. The van der Waals surface area contributed by atoms with E-state index in [0.717, 1.165) is 22.9 Å². The molecule has 2 aromatic carbocycles. The Hall–Kier alpha value is -2.40. The Morgan fingerprint density at radius 2 is 1.92 bits per heavy atom. The van der Waals surface area contributed by atoms with Crippen LogP contribution in [0.2, 0.25) is 0 Å². The smallest absolute Gasteiger partial charge is 0.306 e. The Bertz CT molecular complexity index is 1130. The zero-order valence-electron chi connectivity index (χ0n) is 14.7. The summed E-state index contributed by atoms with van der Waals surface area (Å²) in [7, 11) is 0. The van der Waals surface area contributed by atoms with Crippen LogP contribution in [0, 0.1) is 0 Å². The first-order valence-corrected chi connectivity index (χ1v) is 9.48. The molecule has 0 spiro atoms. The standard InChI is InChI=1S/C21H19BrN2O2/c1-3-21(2)12-13-7-4-5-10-16(13)18-17(21)19(25)24(20(26)23-18)15-9-6-8-14(22)11-15/h4-11H,3,12H2,1-2H3,(H,23,26)/t21-/m0/s1. The van der Waals surface area contributed by atoms with Crippen LogP contribution in [-0.2, 0) is 11.8 Å². The van der Waals surface area contributed by atoms with Crippen LogP contribution in [0.3, 0.4) is 0 Å². The molecule has 1 aliphatic rings. The molecular formula is C21H19BrN2O2. The number of benzene rings is 2. The normalized spacial score (nSPS) is 18.3. The average molecular weight is 411 g/mol. The van der Waals surface area contributed by atoms with Gasteiger partial charge in [0.15, 0.2) is 0 Å². The fourth-order valence-electron chi connectivity index (χ4n) is 3.88. The second-order valence-corrected chi connectivity index (χ2v) is 7.96. The Balaban J connectivity index is 2.10. The number of aromatic amines is 1. The number of aromatic nitrogens is 2. The van der Waals surface area contributed by atoms with E-state index in [2.05, 4.69) is 40.8 Å². The lowest BCUT2D eigenvalue weighted by atomic mass is 9.69. The lowest BCUT2D eigenvalue weighted by Gasteiger charge is -2.35. The minimum atomic E-state index is -0.415. The second-order valence-electron chi connectivity index (χ2n) is 7.05. The van der Waals surface area contributed by atoms with Gasteiger partial charge in [-0.25, -0.2) is 9.36 Å². The van der Waals surface area contributed by atoms with Crippen molar-refractivity contribution in [1.82, 2.24) is 9.55 Å². The Morgan fingerprint density at radius 1 is 1.15 bits per heavy atom. The van der Waals surface area contributed by atoms with Gasteiger partial charge in [0.25, 0.3) is 5.56 Å². The van der Waals surface area contributed by atoms with E-state index in [1.165, 1.54) is 10.1 Å². The van der Waals surface area contributed by atoms with Gasteiger partial charge in [0.2, 0.25) is 0 Å². The van der Waals surface area contributed by atoms with E-state index in [-0.39, 0.29) is 11.0 Å². The van der Waals surface area contributed by atoms with Gasteiger partial charge in [0.1, 0.15) is 0 Å². The quantitative estimate of drug-likeness (QED) is 0.688. The van der Waals surface area contributed by atoms with Gasteiger partial charge in [-0.1, -0.05) is 60.1 Å². The van der Waals surface area contributed by atoms with Gasteiger partial charge in [0.05, 0.1) is 11.4 Å². The van der Waals surface area contributed by atoms with E-state index >= 15 is 0 Å². The molecule has 0 radical (unpaired) electrons. The highest BCUT2D eigenvalue weighted by atomic mass is 79.9. The maximum Gasteiger partial charge on any atom is 0.333 e. The topological polar surface area (TPSA) is 54.9 Å². The van der Waals surface area contributed by atoms with Crippen LogP contribution >= 0.6 is 15.9 Å². The molecule has 1 atom stereocenters. The van der Waals surface area contributed by atoms with Gasteiger partial charge >= 0.3 is 5.69 Å². The molecule has 1 N–H and O–H groups in total. The second kappa shape index (κ2) is 6.09. The maximum absolute atomic E-state index is 13.5. The van der Waals surface area contributed by atoms with Crippen LogP contribution in [0.15, 0.2) is 62.6 Å². The Morgan fingerprint density at radius 3 is 2.65 bits per heavy atom. The van der Waals surface area contributed by atoms with Crippen molar-refractivity contribution in [2.24, 2.45) is 0 Å². The van der Waals surface area contributed by atoms with Crippen LogP contribution in [0.5, 0.6) is 0 Å². The summed E-state index contributed by atoms with van der Waals surface area (Å²) < 4.78 is 2.06. The van der Waals surface area contributed by atoms with E-state index in [4.69, 9.17) is 0 Å². The molecular weight excluding hydrogens is 392 g/mol. The summed E-state index contributed by atoms with van der Waals surface area (Å²) in [5.41, 5.74) is 3.06. The molecule has 3 aromatic rings. The number of fused-ring (bicyclic) bond motifs is 3. The molecule has 132 valence electrons. The Labute approximate surface area is 159 Å². The first kappa shape index (κ1) is 17.0.